The van der Waals surface area contributed by atoms with Gasteiger partial charge in [0.15, 0.2) is 0 Å². The molecule has 0 aliphatic carbocycles. The third-order valence-corrected chi connectivity index (χ3v) is 2.69. The number of hydrogen-bond donors (Lipinski definition) is 2. The Hall–Kier alpha value is -2.70. The Labute approximate surface area is 124 Å². The van der Waals surface area contributed by atoms with E-state index < -0.39 is 11.7 Å². The number of ether oxygens (including phenoxy) is 1. The summed E-state index contributed by atoms with van der Waals surface area (Å²) in [7, 11) is 0. The van der Waals surface area contributed by atoms with Gasteiger partial charge in [0, 0.05) is 24.4 Å². The summed E-state index contributed by atoms with van der Waals surface area (Å²) in [6, 6.07) is 9.37. The molecule has 116 valence electrons. The maximum atomic E-state index is 13.0. The Morgan fingerprint density at radius 1 is 1.18 bits per heavy atom. The van der Waals surface area contributed by atoms with Gasteiger partial charge in [-0.15, -0.1) is 0 Å². The second kappa shape index (κ2) is 5.97. The molecule has 3 N–H and O–H groups in total. The number of nitrogens with one attached hydrogen (secondary N) is 1. The molecule has 2 rings (SSSR count). The second-order valence-electron chi connectivity index (χ2n) is 4.56. The van der Waals surface area contributed by atoms with Gasteiger partial charge in [0.1, 0.15) is 17.1 Å². The Bertz CT molecular complexity index is 699. The molecule has 4 nitrogen and oxygen atoms in total. The number of halogens is 3. The third kappa shape index (κ3) is 3.91. The van der Waals surface area contributed by atoms with E-state index in [1.807, 2.05) is 0 Å². The fraction of sp³-hybridized carbons (Fsp3) is 0.133. The molecule has 0 aliphatic heterocycles. The molecule has 0 aromatic heterocycles. The predicted molar refractivity (Wildman–Crippen MR) is 76.7 cm³/mol. The zero-order chi connectivity index (χ0) is 16.3. The number of benzene rings is 2. The van der Waals surface area contributed by atoms with Crippen LogP contribution >= 0.6 is 0 Å². The quantitative estimate of drug-likeness (QED) is 0.841. The maximum Gasteiger partial charge on any atom is 0.420 e. The van der Waals surface area contributed by atoms with Gasteiger partial charge in [-0.3, -0.25) is 4.79 Å². The van der Waals surface area contributed by atoms with Crippen molar-refractivity contribution in [2.75, 3.05) is 11.1 Å². The lowest BCUT2D eigenvalue weighted by Gasteiger charge is -2.14. The number of hydrogen-bond acceptors (Lipinski definition) is 3. The molecular weight excluding hydrogens is 297 g/mol. The number of carbonyl (C=O) groups excluding carboxylic acids is 1. The van der Waals surface area contributed by atoms with Gasteiger partial charge in [-0.05, 0) is 30.3 Å². The lowest BCUT2D eigenvalue weighted by atomic mass is 10.1. The standard InChI is InChI=1S/C15H13F3N2O2/c1-9(21)20-11-3-2-4-12(8-11)22-14-6-5-10(19)7-13(14)15(16,17)18/h2-8H,19H2,1H3,(H,20,21). The predicted octanol–water partition coefficient (Wildman–Crippen LogP) is 4.04. The first kappa shape index (κ1) is 15.7. The minimum Gasteiger partial charge on any atom is -0.457 e. The smallest absolute Gasteiger partial charge is 0.420 e. The molecule has 0 radical (unpaired) electrons. The molecule has 2 aromatic carbocycles. The van der Waals surface area contributed by atoms with E-state index in [4.69, 9.17) is 10.5 Å². The van der Waals surface area contributed by atoms with Gasteiger partial charge in [0.25, 0.3) is 0 Å². The molecule has 22 heavy (non-hydrogen) atoms. The van der Waals surface area contributed by atoms with E-state index in [-0.39, 0.29) is 23.1 Å². The van der Waals surface area contributed by atoms with Crippen molar-refractivity contribution in [2.45, 2.75) is 13.1 Å². The SMILES string of the molecule is CC(=O)Nc1cccc(Oc2ccc(N)cc2C(F)(F)F)c1. The molecule has 0 unspecified atom stereocenters. The highest BCUT2D eigenvalue weighted by Gasteiger charge is 2.34. The van der Waals surface area contributed by atoms with Crippen molar-refractivity contribution in [1.29, 1.82) is 0 Å². The highest BCUT2D eigenvalue weighted by molar-refractivity contribution is 5.88. The van der Waals surface area contributed by atoms with Crippen molar-refractivity contribution in [3.8, 4) is 11.5 Å². The summed E-state index contributed by atoms with van der Waals surface area (Å²) in [6.07, 6.45) is -4.58. The van der Waals surface area contributed by atoms with Crippen LogP contribution in [-0.2, 0) is 11.0 Å². The van der Waals surface area contributed by atoms with Gasteiger partial charge in [-0.2, -0.15) is 13.2 Å². The molecule has 0 saturated carbocycles. The zero-order valence-electron chi connectivity index (χ0n) is 11.6. The molecule has 7 heteroatoms. The molecule has 0 atom stereocenters. The molecule has 2 aromatic rings. The van der Waals surface area contributed by atoms with Crippen LogP contribution in [0.4, 0.5) is 24.5 Å². The number of nitrogens with two attached hydrogens (primary N) is 1. The van der Waals surface area contributed by atoms with Crippen molar-refractivity contribution in [2.24, 2.45) is 0 Å². The van der Waals surface area contributed by atoms with Crippen LogP contribution in [-0.4, -0.2) is 5.91 Å². The summed E-state index contributed by atoms with van der Waals surface area (Å²) in [6.45, 7) is 1.33. The van der Waals surface area contributed by atoms with Crippen molar-refractivity contribution >= 4 is 17.3 Å². The lowest BCUT2D eigenvalue weighted by Crippen LogP contribution is -2.08. The van der Waals surface area contributed by atoms with Crippen LogP contribution in [0.1, 0.15) is 12.5 Å². The molecule has 0 saturated heterocycles. The molecule has 0 spiro atoms. The Morgan fingerprint density at radius 3 is 2.55 bits per heavy atom. The first-order chi connectivity index (χ1) is 10.3. The minimum atomic E-state index is -4.58. The van der Waals surface area contributed by atoms with E-state index in [2.05, 4.69) is 5.32 Å². The normalized spacial score (nSPS) is 11.1. The van der Waals surface area contributed by atoms with Gasteiger partial charge in [0.2, 0.25) is 5.91 Å². The van der Waals surface area contributed by atoms with Gasteiger partial charge in [0.05, 0.1) is 0 Å². The van der Waals surface area contributed by atoms with Crippen LogP contribution in [0.15, 0.2) is 42.5 Å². The van der Waals surface area contributed by atoms with E-state index in [0.29, 0.717) is 5.69 Å². The van der Waals surface area contributed by atoms with Crippen LogP contribution in [0.25, 0.3) is 0 Å². The molecule has 1 amide bonds. The summed E-state index contributed by atoms with van der Waals surface area (Å²) < 4.78 is 44.3. The van der Waals surface area contributed by atoms with Crippen LogP contribution < -0.4 is 15.8 Å². The summed E-state index contributed by atoms with van der Waals surface area (Å²) in [5.74, 6) is -0.483. The Morgan fingerprint density at radius 2 is 1.91 bits per heavy atom. The van der Waals surface area contributed by atoms with E-state index in [1.165, 1.54) is 25.1 Å². The fourth-order valence-corrected chi connectivity index (χ4v) is 1.83. The van der Waals surface area contributed by atoms with E-state index in [0.717, 1.165) is 12.1 Å². The van der Waals surface area contributed by atoms with Gasteiger partial charge < -0.3 is 15.8 Å². The molecule has 0 bridgehead atoms. The van der Waals surface area contributed by atoms with Gasteiger partial charge >= 0.3 is 6.18 Å². The maximum absolute atomic E-state index is 13.0. The molecule has 0 heterocycles. The van der Waals surface area contributed by atoms with Crippen LogP contribution in [0.3, 0.4) is 0 Å². The van der Waals surface area contributed by atoms with Crippen molar-refractivity contribution in [3.63, 3.8) is 0 Å². The number of amides is 1. The number of anilines is 2. The highest BCUT2D eigenvalue weighted by atomic mass is 19.4. The molecular formula is C15H13F3N2O2. The average Bonchev–Trinajstić information content (AvgIpc) is 2.39. The Kier molecular flexibility index (Phi) is 4.25. The number of carbonyl (C=O) groups is 1. The second-order valence-corrected chi connectivity index (χ2v) is 4.56. The first-order valence-corrected chi connectivity index (χ1v) is 6.28. The lowest BCUT2D eigenvalue weighted by molar-refractivity contribution is -0.138. The zero-order valence-corrected chi connectivity index (χ0v) is 11.6. The number of alkyl halides is 3. The Balaban J connectivity index is 2.33. The summed E-state index contributed by atoms with van der Waals surface area (Å²) >= 11 is 0. The minimum absolute atomic E-state index is 0.00771. The largest absolute Gasteiger partial charge is 0.457 e. The number of nitrogen functional groups attached to an aromatic ring is 1. The van der Waals surface area contributed by atoms with Crippen molar-refractivity contribution < 1.29 is 22.7 Å². The average molecular weight is 310 g/mol. The van der Waals surface area contributed by atoms with Crippen molar-refractivity contribution in [3.05, 3.63) is 48.0 Å². The van der Waals surface area contributed by atoms with Crippen molar-refractivity contribution in [1.82, 2.24) is 0 Å². The van der Waals surface area contributed by atoms with Gasteiger partial charge in [-0.1, -0.05) is 6.07 Å². The highest BCUT2D eigenvalue weighted by Crippen LogP contribution is 2.39. The molecule has 0 fully saturated rings. The van der Waals surface area contributed by atoms with Crippen LogP contribution in [0.5, 0.6) is 11.5 Å². The van der Waals surface area contributed by atoms with Gasteiger partial charge in [-0.25, -0.2) is 0 Å². The topological polar surface area (TPSA) is 64.3 Å². The molecule has 0 aliphatic rings. The number of rotatable bonds is 3. The summed E-state index contributed by atoms with van der Waals surface area (Å²) in [4.78, 5) is 11.0. The van der Waals surface area contributed by atoms with Crippen LogP contribution in [0.2, 0.25) is 0 Å². The third-order valence-electron chi connectivity index (χ3n) is 2.69. The monoisotopic (exact) mass is 310 g/mol. The van der Waals surface area contributed by atoms with E-state index in [9.17, 15) is 18.0 Å². The van der Waals surface area contributed by atoms with Crippen LogP contribution in [0, 0.1) is 0 Å². The van der Waals surface area contributed by atoms with E-state index >= 15 is 0 Å². The van der Waals surface area contributed by atoms with E-state index in [1.54, 1.807) is 12.1 Å². The summed E-state index contributed by atoms with van der Waals surface area (Å²) in [5.41, 5.74) is 4.85. The summed E-state index contributed by atoms with van der Waals surface area (Å²) in [5, 5.41) is 2.52. The fourth-order valence-electron chi connectivity index (χ4n) is 1.83. The first-order valence-electron chi connectivity index (χ1n) is 6.28.